The highest BCUT2D eigenvalue weighted by Gasteiger charge is 2.47. The third kappa shape index (κ3) is 7.06. The number of methoxy groups -OCH3 is 3. The topological polar surface area (TPSA) is 98.3 Å². The molecule has 1 saturated heterocycles. The van der Waals surface area contributed by atoms with Crippen LogP contribution in [-0.2, 0) is 27.9 Å². The molecule has 0 radical (unpaired) electrons. The standard InChI is InChI=1S/C28H30ClF2N3O6S/c1-38-22-8-5-20(25(14-22)39-2)18-33-13-12-28(30,31)15-24(27(33)35)34(17-19-4-11-26(40-3)32-16-19)41(36,37)23-9-6-21(29)7-10-23/h4-11,14,16,24H,12-13,15,17-18H2,1-3H3/t24-/m1/s1. The lowest BCUT2D eigenvalue weighted by Crippen LogP contribution is -2.50. The minimum Gasteiger partial charge on any atom is -0.497 e. The van der Waals surface area contributed by atoms with Gasteiger partial charge in [0.15, 0.2) is 0 Å². The van der Waals surface area contributed by atoms with Crippen molar-refractivity contribution in [1.29, 1.82) is 0 Å². The zero-order chi connectivity index (χ0) is 29.8. The molecule has 3 aromatic rings. The number of amides is 1. The number of sulfonamides is 1. The van der Waals surface area contributed by atoms with Crippen LogP contribution in [0.3, 0.4) is 0 Å². The van der Waals surface area contributed by atoms with Gasteiger partial charge in [-0.25, -0.2) is 22.2 Å². The van der Waals surface area contributed by atoms with Crippen LogP contribution in [0, 0.1) is 0 Å². The van der Waals surface area contributed by atoms with Gasteiger partial charge in [0, 0.05) is 61.4 Å². The third-order valence-electron chi connectivity index (χ3n) is 6.80. The van der Waals surface area contributed by atoms with E-state index in [9.17, 15) is 13.2 Å². The monoisotopic (exact) mass is 609 g/mol. The molecular weight excluding hydrogens is 580 g/mol. The molecule has 1 atom stereocenters. The van der Waals surface area contributed by atoms with Crippen molar-refractivity contribution in [3.8, 4) is 17.4 Å². The number of pyridine rings is 1. The number of aromatic nitrogens is 1. The number of alkyl halides is 2. The molecule has 220 valence electrons. The van der Waals surface area contributed by atoms with Crippen LogP contribution in [-0.4, -0.2) is 68.4 Å². The van der Waals surface area contributed by atoms with E-state index in [0.717, 1.165) is 4.31 Å². The minimum atomic E-state index is -4.46. The summed E-state index contributed by atoms with van der Waals surface area (Å²) in [6.07, 6.45) is -0.242. The first-order valence-electron chi connectivity index (χ1n) is 12.6. The van der Waals surface area contributed by atoms with Crippen molar-refractivity contribution in [2.75, 3.05) is 27.9 Å². The van der Waals surface area contributed by atoms with Crippen molar-refractivity contribution in [3.05, 3.63) is 76.9 Å². The van der Waals surface area contributed by atoms with Gasteiger partial charge in [0.25, 0.3) is 5.92 Å². The van der Waals surface area contributed by atoms with Gasteiger partial charge in [-0.05, 0) is 42.0 Å². The smallest absolute Gasteiger partial charge is 0.251 e. The van der Waals surface area contributed by atoms with Gasteiger partial charge in [-0.2, -0.15) is 4.31 Å². The molecule has 1 amide bonds. The summed E-state index contributed by atoms with van der Waals surface area (Å²) in [5.41, 5.74) is 0.934. The fourth-order valence-electron chi connectivity index (χ4n) is 4.57. The number of ether oxygens (including phenoxy) is 3. The molecule has 0 bridgehead atoms. The van der Waals surface area contributed by atoms with E-state index in [1.54, 1.807) is 24.3 Å². The van der Waals surface area contributed by atoms with Crippen molar-refractivity contribution in [1.82, 2.24) is 14.2 Å². The molecule has 0 saturated carbocycles. The third-order valence-corrected chi connectivity index (χ3v) is 8.93. The van der Waals surface area contributed by atoms with Gasteiger partial charge in [0.05, 0.1) is 26.2 Å². The minimum absolute atomic E-state index is 0.0719. The van der Waals surface area contributed by atoms with Crippen LogP contribution in [0.2, 0.25) is 5.02 Å². The van der Waals surface area contributed by atoms with Crippen molar-refractivity contribution in [2.45, 2.75) is 42.8 Å². The Labute approximate surface area is 242 Å². The van der Waals surface area contributed by atoms with E-state index in [-0.39, 0.29) is 30.4 Å². The predicted molar refractivity (Wildman–Crippen MR) is 148 cm³/mol. The van der Waals surface area contributed by atoms with Crippen molar-refractivity contribution in [2.24, 2.45) is 0 Å². The number of nitrogens with zero attached hydrogens (tertiary/aromatic N) is 3. The van der Waals surface area contributed by atoms with Crippen LogP contribution < -0.4 is 14.2 Å². The molecule has 9 nitrogen and oxygen atoms in total. The van der Waals surface area contributed by atoms with E-state index in [1.165, 1.54) is 62.8 Å². The Morgan fingerprint density at radius 1 is 1.05 bits per heavy atom. The van der Waals surface area contributed by atoms with E-state index >= 15 is 8.78 Å². The summed E-state index contributed by atoms with van der Waals surface area (Å²) >= 11 is 5.96. The highest BCUT2D eigenvalue weighted by atomic mass is 35.5. The van der Waals surface area contributed by atoms with Gasteiger partial charge in [0.2, 0.25) is 21.8 Å². The molecule has 1 aromatic heterocycles. The van der Waals surface area contributed by atoms with Crippen molar-refractivity contribution in [3.63, 3.8) is 0 Å². The van der Waals surface area contributed by atoms with E-state index in [1.807, 2.05) is 0 Å². The Balaban J connectivity index is 1.77. The number of likely N-dealkylation sites (tertiary alicyclic amines) is 1. The molecule has 2 heterocycles. The molecule has 1 fully saturated rings. The Bertz CT molecular complexity index is 1470. The number of benzene rings is 2. The molecule has 0 spiro atoms. The number of halogens is 3. The highest BCUT2D eigenvalue weighted by Crippen LogP contribution is 2.36. The second-order valence-corrected chi connectivity index (χ2v) is 11.8. The summed E-state index contributed by atoms with van der Waals surface area (Å²) in [7, 11) is -0.0858. The lowest BCUT2D eigenvalue weighted by Gasteiger charge is -2.33. The largest absolute Gasteiger partial charge is 0.497 e. The number of hydrogen-bond acceptors (Lipinski definition) is 7. The van der Waals surface area contributed by atoms with Crippen LogP contribution in [0.5, 0.6) is 17.4 Å². The first kappa shape index (κ1) is 30.5. The zero-order valence-electron chi connectivity index (χ0n) is 22.7. The zero-order valence-corrected chi connectivity index (χ0v) is 24.3. The Kier molecular flexibility index (Phi) is 9.35. The van der Waals surface area contributed by atoms with Crippen LogP contribution in [0.25, 0.3) is 0 Å². The molecule has 1 aliphatic heterocycles. The number of hydrogen-bond donors (Lipinski definition) is 0. The van der Waals surface area contributed by atoms with Crippen LogP contribution in [0.1, 0.15) is 24.0 Å². The lowest BCUT2D eigenvalue weighted by molar-refractivity contribution is -0.136. The lowest BCUT2D eigenvalue weighted by atomic mass is 10.1. The number of carbonyl (C=O) groups is 1. The summed E-state index contributed by atoms with van der Waals surface area (Å²) in [5, 5.41) is 0.298. The summed E-state index contributed by atoms with van der Waals surface area (Å²) in [6, 6.07) is 11.7. The average molecular weight is 610 g/mol. The molecule has 41 heavy (non-hydrogen) atoms. The van der Waals surface area contributed by atoms with Gasteiger partial charge in [-0.15, -0.1) is 0 Å². The maximum atomic E-state index is 15.2. The summed E-state index contributed by atoms with van der Waals surface area (Å²) in [5.74, 6) is -2.85. The van der Waals surface area contributed by atoms with Crippen LogP contribution >= 0.6 is 11.6 Å². The Morgan fingerprint density at radius 2 is 1.78 bits per heavy atom. The van der Waals surface area contributed by atoms with E-state index in [0.29, 0.717) is 27.6 Å². The molecule has 0 N–H and O–H groups in total. The second kappa shape index (κ2) is 12.6. The quantitative estimate of drug-likeness (QED) is 0.326. The second-order valence-electron chi connectivity index (χ2n) is 9.48. The number of carbonyl (C=O) groups excluding carboxylic acids is 1. The van der Waals surface area contributed by atoms with Gasteiger partial charge >= 0.3 is 0 Å². The molecule has 0 unspecified atom stereocenters. The molecule has 2 aromatic carbocycles. The van der Waals surface area contributed by atoms with Gasteiger partial charge < -0.3 is 19.1 Å². The van der Waals surface area contributed by atoms with Gasteiger partial charge in [0.1, 0.15) is 17.5 Å². The predicted octanol–water partition coefficient (Wildman–Crippen LogP) is 4.78. The van der Waals surface area contributed by atoms with Crippen LogP contribution in [0.4, 0.5) is 8.78 Å². The van der Waals surface area contributed by atoms with E-state index < -0.39 is 40.7 Å². The molecule has 0 aliphatic carbocycles. The molecule has 4 rings (SSSR count). The fraction of sp³-hybridized carbons (Fsp3) is 0.357. The molecule has 1 aliphatic rings. The normalized spacial score (nSPS) is 17.3. The fourth-order valence-corrected chi connectivity index (χ4v) is 6.27. The molecule has 13 heteroatoms. The molecular formula is C28H30ClF2N3O6S. The maximum absolute atomic E-state index is 15.2. The number of rotatable bonds is 10. The van der Waals surface area contributed by atoms with Gasteiger partial charge in [-0.1, -0.05) is 17.7 Å². The average Bonchev–Trinajstić information content (AvgIpc) is 3.07. The summed E-state index contributed by atoms with van der Waals surface area (Å²) in [6.45, 7) is -0.734. The highest BCUT2D eigenvalue weighted by molar-refractivity contribution is 7.89. The Hall–Kier alpha value is -3.48. The first-order chi connectivity index (χ1) is 19.5. The van der Waals surface area contributed by atoms with Crippen molar-refractivity contribution >= 4 is 27.5 Å². The van der Waals surface area contributed by atoms with Crippen LogP contribution in [0.15, 0.2) is 65.7 Å². The van der Waals surface area contributed by atoms with Gasteiger partial charge in [-0.3, -0.25) is 4.79 Å². The summed E-state index contributed by atoms with van der Waals surface area (Å²) in [4.78, 5) is 19.1. The van der Waals surface area contributed by atoms with Crippen molar-refractivity contribution < 1.29 is 36.2 Å². The maximum Gasteiger partial charge on any atom is 0.251 e. The summed E-state index contributed by atoms with van der Waals surface area (Å²) < 4.78 is 74.9. The first-order valence-corrected chi connectivity index (χ1v) is 14.4. The SMILES string of the molecule is COc1ccc(CN2CCC(F)(F)C[C@@H](N(Cc3ccc(OC)nc3)S(=O)(=O)c3ccc(Cl)cc3)C2=O)c(OC)c1. The van der Waals surface area contributed by atoms with E-state index in [4.69, 9.17) is 25.8 Å². The Morgan fingerprint density at radius 3 is 2.39 bits per heavy atom. The van der Waals surface area contributed by atoms with E-state index in [2.05, 4.69) is 4.98 Å².